The Morgan fingerprint density at radius 3 is 3.00 bits per heavy atom. The van der Waals surface area contributed by atoms with Crippen molar-refractivity contribution in [3.63, 3.8) is 0 Å². The normalized spacial score (nSPS) is 10.4. The lowest BCUT2D eigenvalue weighted by Crippen LogP contribution is -2.16. The van der Waals surface area contributed by atoms with Crippen LogP contribution < -0.4 is 10.6 Å². The number of hydrogen-bond donors (Lipinski definition) is 1. The minimum Gasteiger partial charge on any atom is -0.390 e. The van der Waals surface area contributed by atoms with Crippen molar-refractivity contribution in [2.75, 3.05) is 17.7 Å². The summed E-state index contributed by atoms with van der Waals surface area (Å²) in [5, 5.41) is 11.5. The molecule has 0 aliphatic rings. The zero-order valence-corrected chi connectivity index (χ0v) is 8.49. The maximum Gasteiger partial charge on any atom is 0.319 e. The van der Waals surface area contributed by atoms with Gasteiger partial charge in [0.25, 0.3) is 0 Å². The molecule has 2 heterocycles. The molecule has 14 heavy (non-hydrogen) atoms. The fourth-order valence-electron chi connectivity index (χ4n) is 1.10. The Kier molecular flexibility index (Phi) is 2.36. The van der Waals surface area contributed by atoms with Crippen molar-refractivity contribution < 1.29 is 4.42 Å². The number of nitrogens with two attached hydrogens (primary N) is 1. The van der Waals surface area contributed by atoms with Gasteiger partial charge < -0.3 is 15.1 Å². The summed E-state index contributed by atoms with van der Waals surface area (Å²) in [6.45, 7) is 0.741. The predicted molar refractivity (Wildman–Crippen MR) is 55.1 cm³/mol. The summed E-state index contributed by atoms with van der Waals surface area (Å²) in [6, 6.07) is 2.59. The average Bonchev–Trinajstić information content (AvgIpc) is 2.75. The number of rotatable bonds is 3. The van der Waals surface area contributed by atoms with Gasteiger partial charge in [0.15, 0.2) is 0 Å². The number of nitrogens with zero attached hydrogens (tertiary/aromatic N) is 3. The van der Waals surface area contributed by atoms with E-state index in [1.54, 1.807) is 11.3 Å². The molecule has 0 radical (unpaired) electrons. The second kappa shape index (κ2) is 3.67. The van der Waals surface area contributed by atoms with Crippen LogP contribution in [0.15, 0.2) is 21.2 Å². The van der Waals surface area contributed by atoms with Gasteiger partial charge in [0.05, 0.1) is 0 Å². The van der Waals surface area contributed by atoms with E-state index < -0.39 is 0 Å². The maximum absolute atomic E-state index is 5.32. The van der Waals surface area contributed by atoms with Crippen molar-refractivity contribution in [3.8, 4) is 0 Å². The van der Waals surface area contributed by atoms with Gasteiger partial charge in [-0.1, -0.05) is 10.2 Å². The third kappa shape index (κ3) is 1.85. The van der Waals surface area contributed by atoms with Gasteiger partial charge >= 0.3 is 12.0 Å². The molecule has 0 fully saturated rings. The highest BCUT2D eigenvalue weighted by atomic mass is 32.1. The highest BCUT2D eigenvalue weighted by molar-refractivity contribution is 7.07. The summed E-state index contributed by atoms with van der Waals surface area (Å²) < 4.78 is 5.08. The van der Waals surface area contributed by atoms with Crippen molar-refractivity contribution in [2.24, 2.45) is 0 Å². The van der Waals surface area contributed by atoms with E-state index in [4.69, 9.17) is 10.2 Å². The lowest BCUT2D eigenvalue weighted by Gasteiger charge is -2.11. The molecule has 0 bridgehead atoms. The molecule has 0 spiro atoms. The van der Waals surface area contributed by atoms with Crippen LogP contribution in [0.25, 0.3) is 0 Å². The molecule has 2 aromatic heterocycles. The Morgan fingerprint density at radius 2 is 2.43 bits per heavy atom. The van der Waals surface area contributed by atoms with E-state index in [1.165, 1.54) is 5.56 Å². The third-order valence-corrected chi connectivity index (χ3v) is 2.49. The number of thiophene rings is 1. The lowest BCUT2D eigenvalue weighted by atomic mass is 10.3. The highest BCUT2D eigenvalue weighted by Gasteiger charge is 2.09. The van der Waals surface area contributed by atoms with E-state index >= 15 is 0 Å². The molecular formula is C8H10N4OS. The first-order chi connectivity index (χ1) is 6.75. The van der Waals surface area contributed by atoms with Crippen molar-refractivity contribution in [1.29, 1.82) is 0 Å². The number of nitrogen functional groups attached to an aromatic ring is 1. The minimum atomic E-state index is 0.0946. The summed E-state index contributed by atoms with van der Waals surface area (Å²) in [5.74, 6) is 0. The van der Waals surface area contributed by atoms with E-state index in [-0.39, 0.29) is 6.01 Å². The summed E-state index contributed by atoms with van der Waals surface area (Å²) in [6.07, 6.45) is 0. The first-order valence-corrected chi connectivity index (χ1v) is 5.01. The molecule has 0 aliphatic heterocycles. The summed E-state index contributed by atoms with van der Waals surface area (Å²) in [5.41, 5.74) is 6.54. The van der Waals surface area contributed by atoms with Gasteiger partial charge in [-0.05, 0) is 22.4 Å². The van der Waals surface area contributed by atoms with Gasteiger partial charge in [0.1, 0.15) is 0 Å². The van der Waals surface area contributed by atoms with E-state index in [2.05, 4.69) is 21.6 Å². The van der Waals surface area contributed by atoms with Crippen LogP contribution in [0, 0.1) is 0 Å². The monoisotopic (exact) mass is 210 g/mol. The molecule has 6 heteroatoms. The Morgan fingerprint density at radius 1 is 1.57 bits per heavy atom. The Bertz CT molecular complexity index is 397. The number of anilines is 2. The van der Waals surface area contributed by atoms with E-state index in [9.17, 15) is 0 Å². The second-order valence-electron chi connectivity index (χ2n) is 2.91. The van der Waals surface area contributed by atoms with Crippen LogP contribution in [0.3, 0.4) is 0 Å². The van der Waals surface area contributed by atoms with Gasteiger partial charge in [0.2, 0.25) is 0 Å². The van der Waals surface area contributed by atoms with Crippen LogP contribution in [-0.2, 0) is 6.54 Å². The van der Waals surface area contributed by atoms with Gasteiger partial charge in [-0.15, -0.1) is 0 Å². The van der Waals surface area contributed by atoms with Crippen LogP contribution >= 0.6 is 11.3 Å². The Hall–Kier alpha value is -1.56. The smallest absolute Gasteiger partial charge is 0.319 e. The first kappa shape index (κ1) is 9.01. The van der Waals surface area contributed by atoms with E-state index in [0.29, 0.717) is 6.01 Å². The van der Waals surface area contributed by atoms with Crippen molar-refractivity contribution in [3.05, 3.63) is 22.4 Å². The number of aromatic nitrogens is 2. The fraction of sp³-hybridized carbons (Fsp3) is 0.250. The molecule has 0 atom stereocenters. The molecule has 2 rings (SSSR count). The largest absolute Gasteiger partial charge is 0.390 e. The summed E-state index contributed by atoms with van der Waals surface area (Å²) in [7, 11) is 1.88. The molecular weight excluding hydrogens is 200 g/mol. The highest BCUT2D eigenvalue weighted by Crippen LogP contribution is 2.15. The minimum absolute atomic E-state index is 0.0946. The molecule has 5 nitrogen and oxygen atoms in total. The molecule has 0 aliphatic carbocycles. The second-order valence-corrected chi connectivity index (χ2v) is 3.69. The van der Waals surface area contributed by atoms with Crippen LogP contribution in [0.4, 0.5) is 12.0 Å². The maximum atomic E-state index is 5.32. The summed E-state index contributed by atoms with van der Waals surface area (Å²) in [4.78, 5) is 1.85. The average molecular weight is 210 g/mol. The van der Waals surface area contributed by atoms with E-state index in [1.807, 2.05) is 17.3 Å². The van der Waals surface area contributed by atoms with Crippen LogP contribution in [-0.4, -0.2) is 17.2 Å². The molecule has 0 saturated carbocycles. The first-order valence-electron chi connectivity index (χ1n) is 4.07. The van der Waals surface area contributed by atoms with Crippen LogP contribution in [0.1, 0.15) is 5.56 Å². The van der Waals surface area contributed by atoms with Crippen LogP contribution in [0.2, 0.25) is 0 Å². The molecule has 0 amide bonds. The quantitative estimate of drug-likeness (QED) is 0.828. The zero-order valence-electron chi connectivity index (χ0n) is 7.67. The number of hydrogen-bond acceptors (Lipinski definition) is 6. The zero-order chi connectivity index (χ0) is 9.97. The topological polar surface area (TPSA) is 68.2 Å². The Labute approximate surface area is 85.2 Å². The van der Waals surface area contributed by atoms with E-state index in [0.717, 1.165) is 6.54 Å². The molecule has 0 unspecified atom stereocenters. The molecule has 2 N–H and O–H groups in total. The van der Waals surface area contributed by atoms with Gasteiger partial charge in [-0.3, -0.25) is 0 Å². The van der Waals surface area contributed by atoms with Crippen LogP contribution in [0.5, 0.6) is 0 Å². The molecule has 0 saturated heterocycles. The molecule has 74 valence electrons. The molecule has 0 aromatic carbocycles. The van der Waals surface area contributed by atoms with Crippen molar-refractivity contribution in [2.45, 2.75) is 6.54 Å². The molecule has 2 aromatic rings. The van der Waals surface area contributed by atoms with Crippen molar-refractivity contribution in [1.82, 2.24) is 10.2 Å². The SMILES string of the molecule is CN(Cc1ccsc1)c1nnc(N)o1. The van der Waals surface area contributed by atoms with Gasteiger partial charge in [0, 0.05) is 13.6 Å². The summed E-state index contributed by atoms with van der Waals surface area (Å²) >= 11 is 1.66. The van der Waals surface area contributed by atoms with Gasteiger partial charge in [-0.2, -0.15) is 11.3 Å². The Balaban J connectivity index is 2.06. The van der Waals surface area contributed by atoms with Gasteiger partial charge in [-0.25, -0.2) is 0 Å². The fourth-order valence-corrected chi connectivity index (χ4v) is 1.76. The predicted octanol–water partition coefficient (Wildman–Crippen LogP) is 1.35. The third-order valence-electron chi connectivity index (χ3n) is 1.76. The lowest BCUT2D eigenvalue weighted by molar-refractivity contribution is 0.559. The standard InChI is InChI=1S/C8H10N4OS/c1-12(4-6-2-3-14-5-6)8-11-10-7(9)13-8/h2-3,5H,4H2,1H3,(H2,9,10). The van der Waals surface area contributed by atoms with Crippen molar-refractivity contribution >= 4 is 23.4 Å².